The summed E-state index contributed by atoms with van der Waals surface area (Å²) in [5.41, 5.74) is -4.47. The van der Waals surface area contributed by atoms with E-state index >= 15 is 0 Å². The van der Waals surface area contributed by atoms with Crippen LogP contribution in [0.3, 0.4) is 0 Å². The standard InChI is InChI=1S/C13H13F3N6O3S/c1-22-4-2-3-8-5-9(18-20-12-19-17-7-25-12)10(6-11(8)22)21-26(23,24)13(14,15)16/h5-7,21H,2-4H2,1H3. The smallest absolute Gasteiger partial charge is 0.408 e. The van der Waals surface area contributed by atoms with Gasteiger partial charge in [0.05, 0.1) is 5.69 Å². The number of nitrogens with zero attached hydrogens (tertiary/aromatic N) is 5. The fourth-order valence-corrected chi connectivity index (χ4v) is 3.05. The lowest BCUT2D eigenvalue weighted by molar-refractivity contribution is -0.0429. The first-order valence-electron chi connectivity index (χ1n) is 7.32. The number of alkyl halides is 3. The summed E-state index contributed by atoms with van der Waals surface area (Å²) >= 11 is 0. The monoisotopic (exact) mass is 390 g/mol. The Balaban J connectivity index is 2.06. The van der Waals surface area contributed by atoms with E-state index < -0.39 is 15.5 Å². The second-order valence-electron chi connectivity index (χ2n) is 5.50. The van der Waals surface area contributed by atoms with Crippen molar-refractivity contribution in [3.8, 4) is 0 Å². The molecule has 2 heterocycles. The topological polar surface area (TPSA) is 113 Å². The summed E-state index contributed by atoms with van der Waals surface area (Å²) in [5.74, 6) is 0. The maximum absolute atomic E-state index is 12.7. The first kappa shape index (κ1) is 18.1. The molecule has 9 nitrogen and oxygen atoms in total. The van der Waals surface area contributed by atoms with Gasteiger partial charge in [-0.15, -0.1) is 10.2 Å². The molecule has 0 radical (unpaired) electrons. The highest BCUT2D eigenvalue weighted by Crippen LogP contribution is 2.38. The van der Waals surface area contributed by atoms with Crippen molar-refractivity contribution >= 4 is 33.1 Å². The fraction of sp³-hybridized carbons (Fsp3) is 0.385. The highest BCUT2D eigenvalue weighted by Gasteiger charge is 2.46. The van der Waals surface area contributed by atoms with E-state index in [4.69, 9.17) is 4.42 Å². The molecule has 140 valence electrons. The van der Waals surface area contributed by atoms with E-state index in [9.17, 15) is 21.6 Å². The normalized spacial score (nSPS) is 15.3. The van der Waals surface area contributed by atoms with Crippen LogP contribution in [0.15, 0.2) is 33.2 Å². The number of sulfonamides is 1. The zero-order valence-corrected chi connectivity index (χ0v) is 14.2. The number of aromatic nitrogens is 2. The highest BCUT2D eigenvalue weighted by atomic mass is 32.2. The average Bonchev–Trinajstić information content (AvgIpc) is 3.06. The van der Waals surface area contributed by atoms with Gasteiger partial charge in [-0.05, 0) is 30.5 Å². The van der Waals surface area contributed by atoms with Crippen LogP contribution in [-0.4, -0.2) is 37.7 Å². The minimum atomic E-state index is -5.61. The molecule has 1 aliphatic heterocycles. The molecule has 0 aliphatic carbocycles. The van der Waals surface area contributed by atoms with Gasteiger partial charge in [-0.25, -0.2) is 0 Å². The molecular formula is C13H13F3N6O3S. The SMILES string of the molecule is CN1CCCc2cc(N=Nc3nnco3)c(NS(=O)(=O)C(F)(F)F)cc21. The number of benzene rings is 1. The predicted molar refractivity (Wildman–Crippen MR) is 85.1 cm³/mol. The Labute approximate surface area is 146 Å². The Bertz CT molecular complexity index is 927. The summed E-state index contributed by atoms with van der Waals surface area (Å²) in [5, 5.41) is 14.2. The van der Waals surface area contributed by atoms with E-state index in [1.165, 1.54) is 16.9 Å². The van der Waals surface area contributed by atoms with Crippen LogP contribution in [-0.2, 0) is 16.4 Å². The number of rotatable bonds is 4. The fourth-order valence-electron chi connectivity index (χ4n) is 2.48. The Morgan fingerprint density at radius 2 is 2.08 bits per heavy atom. The quantitative estimate of drug-likeness (QED) is 0.803. The van der Waals surface area contributed by atoms with Crippen molar-refractivity contribution < 1.29 is 26.0 Å². The summed E-state index contributed by atoms with van der Waals surface area (Å²) in [7, 11) is -3.85. The van der Waals surface area contributed by atoms with Crippen LogP contribution in [0.5, 0.6) is 0 Å². The second kappa shape index (κ2) is 6.55. The van der Waals surface area contributed by atoms with Crippen LogP contribution in [0, 0.1) is 0 Å². The van der Waals surface area contributed by atoms with Crippen LogP contribution in [0.1, 0.15) is 12.0 Å². The van der Waals surface area contributed by atoms with Gasteiger partial charge in [0.1, 0.15) is 5.69 Å². The summed E-state index contributed by atoms with van der Waals surface area (Å²) in [6.07, 6.45) is 2.52. The number of fused-ring (bicyclic) bond motifs is 1. The molecule has 0 amide bonds. The van der Waals surface area contributed by atoms with E-state index in [1.54, 1.807) is 7.05 Å². The van der Waals surface area contributed by atoms with Crippen LogP contribution in [0.2, 0.25) is 0 Å². The lowest BCUT2D eigenvalue weighted by Crippen LogP contribution is -2.30. The lowest BCUT2D eigenvalue weighted by atomic mass is 10.0. The summed E-state index contributed by atoms with van der Waals surface area (Å²) in [4.78, 5) is 1.82. The third-order valence-corrected chi connectivity index (χ3v) is 4.79. The molecule has 3 rings (SSSR count). The number of hydrogen-bond acceptors (Lipinski definition) is 8. The van der Waals surface area contributed by atoms with Crippen molar-refractivity contribution in [2.75, 3.05) is 23.2 Å². The van der Waals surface area contributed by atoms with Gasteiger partial charge in [-0.3, -0.25) is 4.72 Å². The molecule has 0 saturated carbocycles. The van der Waals surface area contributed by atoms with E-state index in [0.29, 0.717) is 18.7 Å². The van der Waals surface area contributed by atoms with E-state index in [1.807, 2.05) is 4.90 Å². The molecule has 26 heavy (non-hydrogen) atoms. The summed E-state index contributed by atoms with van der Waals surface area (Å²) in [6, 6.07) is 2.57. The largest absolute Gasteiger partial charge is 0.516 e. The molecule has 1 aromatic carbocycles. The van der Waals surface area contributed by atoms with Crippen LogP contribution >= 0.6 is 0 Å². The first-order chi connectivity index (χ1) is 12.2. The van der Waals surface area contributed by atoms with Crippen molar-refractivity contribution in [3.63, 3.8) is 0 Å². The van der Waals surface area contributed by atoms with Gasteiger partial charge in [-0.1, -0.05) is 10.2 Å². The van der Waals surface area contributed by atoms with Crippen molar-refractivity contribution in [1.29, 1.82) is 0 Å². The van der Waals surface area contributed by atoms with Crippen LogP contribution < -0.4 is 9.62 Å². The zero-order valence-electron chi connectivity index (χ0n) is 13.4. The van der Waals surface area contributed by atoms with E-state index in [-0.39, 0.29) is 17.4 Å². The minimum Gasteiger partial charge on any atom is -0.408 e. The molecule has 0 fully saturated rings. The summed E-state index contributed by atoms with van der Waals surface area (Å²) in [6.45, 7) is 0.696. The van der Waals surface area contributed by atoms with Crippen molar-refractivity contribution in [1.82, 2.24) is 10.2 Å². The van der Waals surface area contributed by atoms with Crippen molar-refractivity contribution in [2.24, 2.45) is 10.2 Å². The maximum Gasteiger partial charge on any atom is 0.516 e. The number of hydrogen-bond donors (Lipinski definition) is 1. The molecule has 0 saturated heterocycles. The summed E-state index contributed by atoms with van der Waals surface area (Å²) < 4.78 is 67.5. The van der Waals surface area contributed by atoms with Crippen LogP contribution in [0.4, 0.5) is 36.2 Å². The van der Waals surface area contributed by atoms with Gasteiger partial charge in [0.25, 0.3) is 0 Å². The Hall–Kier alpha value is -2.70. The second-order valence-corrected chi connectivity index (χ2v) is 7.17. The van der Waals surface area contributed by atoms with Crippen molar-refractivity contribution in [2.45, 2.75) is 18.3 Å². The van der Waals surface area contributed by atoms with Crippen LogP contribution in [0.25, 0.3) is 0 Å². The number of halogens is 3. The van der Waals surface area contributed by atoms with Gasteiger partial charge < -0.3 is 9.32 Å². The molecule has 0 unspecified atom stereocenters. The Morgan fingerprint density at radius 1 is 1.31 bits per heavy atom. The third kappa shape index (κ3) is 3.61. The van der Waals surface area contributed by atoms with E-state index in [2.05, 4.69) is 20.4 Å². The Kier molecular flexibility index (Phi) is 4.56. The molecule has 13 heteroatoms. The molecule has 2 aromatic rings. The molecule has 0 bridgehead atoms. The van der Waals surface area contributed by atoms with Gasteiger partial charge >= 0.3 is 21.5 Å². The number of nitrogens with one attached hydrogen (secondary N) is 1. The van der Waals surface area contributed by atoms with Crippen molar-refractivity contribution in [3.05, 3.63) is 24.1 Å². The third-order valence-electron chi connectivity index (χ3n) is 3.69. The highest BCUT2D eigenvalue weighted by molar-refractivity contribution is 7.93. The van der Waals surface area contributed by atoms with Gasteiger partial charge in [-0.2, -0.15) is 21.6 Å². The number of anilines is 2. The van der Waals surface area contributed by atoms with Gasteiger partial charge in [0.15, 0.2) is 0 Å². The molecule has 1 N–H and O–H groups in total. The maximum atomic E-state index is 12.7. The van der Waals surface area contributed by atoms with E-state index in [0.717, 1.165) is 18.4 Å². The molecule has 1 aliphatic rings. The van der Waals surface area contributed by atoms with Gasteiger partial charge in [0, 0.05) is 19.3 Å². The Morgan fingerprint density at radius 3 is 2.73 bits per heavy atom. The lowest BCUT2D eigenvalue weighted by Gasteiger charge is -2.28. The average molecular weight is 390 g/mol. The first-order valence-corrected chi connectivity index (χ1v) is 8.81. The zero-order chi connectivity index (χ0) is 18.9. The predicted octanol–water partition coefficient (Wildman–Crippen LogP) is 3.13. The molecular weight excluding hydrogens is 377 g/mol. The molecule has 0 spiro atoms. The minimum absolute atomic E-state index is 0.0925. The van der Waals surface area contributed by atoms with Gasteiger partial charge in [0.2, 0.25) is 6.39 Å². The number of aryl methyl sites for hydroxylation is 1. The molecule has 1 aromatic heterocycles. The molecule has 0 atom stereocenters. The number of azo groups is 1.